The first kappa shape index (κ1) is 17.2. The van der Waals surface area contributed by atoms with Gasteiger partial charge in [-0.15, -0.1) is 0 Å². The molecule has 2 aromatic rings. The van der Waals surface area contributed by atoms with Crippen LogP contribution in [0.25, 0.3) is 0 Å². The van der Waals surface area contributed by atoms with Gasteiger partial charge in [0.1, 0.15) is 11.3 Å². The number of nitrogens with one attached hydrogen (secondary N) is 1. The van der Waals surface area contributed by atoms with Crippen molar-refractivity contribution in [3.63, 3.8) is 0 Å². The topological polar surface area (TPSA) is 80.6 Å². The number of hydrogen-bond donors (Lipinski definition) is 2. The van der Waals surface area contributed by atoms with Crippen molar-refractivity contribution in [2.45, 2.75) is 33.4 Å². The zero-order chi connectivity index (χ0) is 18.0. The minimum absolute atomic E-state index is 0.186. The average molecular weight is 342 g/mol. The number of amides is 1. The third-order valence-electron chi connectivity index (χ3n) is 4.42. The summed E-state index contributed by atoms with van der Waals surface area (Å²) in [6.45, 7) is 5.19. The van der Waals surface area contributed by atoms with Gasteiger partial charge in [0.15, 0.2) is 0 Å². The number of aryl methyl sites for hydroxylation is 1. The summed E-state index contributed by atoms with van der Waals surface area (Å²) in [5.74, 6) is -0.758. The van der Waals surface area contributed by atoms with E-state index in [1.54, 1.807) is 11.5 Å². The molecule has 1 amide bonds. The lowest BCUT2D eigenvalue weighted by Crippen LogP contribution is -2.37. The third kappa shape index (κ3) is 3.30. The molecule has 132 valence electrons. The standard InChI is InChI=1S/C19H22N2O4/c1-3-20-18(23)16-17(22)14-8-9-25-11-15(14)21(19(16)24)10-13-6-4-12(2)5-7-13/h4-7,22H,3,8-11H2,1-2H3,(H,20,23). The van der Waals surface area contributed by atoms with Crippen LogP contribution >= 0.6 is 0 Å². The highest BCUT2D eigenvalue weighted by atomic mass is 16.5. The van der Waals surface area contributed by atoms with Crippen molar-refractivity contribution >= 4 is 5.91 Å². The Hall–Kier alpha value is -2.60. The lowest BCUT2D eigenvalue weighted by Gasteiger charge is -2.24. The summed E-state index contributed by atoms with van der Waals surface area (Å²) in [7, 11) is 0. The first-order valence-corrected chi connectivity index (χ1v) is 8.42. The number of aromatic hydroxyl groups is 1. The molecule has 2 heterocycles. The van der Waals surface area contributed by atoms with Crippen LogP contribution in [-0.2, 0) is 24.3 Å². The highest BCUT2D eigenvalue weighted by molar-refractivity contribution is 5.97. The summed E-state index contributed by atoms with van der Waals surface area (Å²) >= 11 is 0. The average Bonchev–Trinajstić information content (AvgIpc) is 2.60. The van der Waals surface area contributed by atoms with E-state index >= 15 is 0 Å². The van der Waals surface area contributed by atoms with Crippen LogP contribution in [-0.4, -0.2) is 28.7 Å². The van der Waals surface area contributed by atoms with E-state index in [9.17, 15) is 14.7 Å². The van der Waals surface area contributed by atoms with Gasteiger partial charge in [-0.3, -0.25) is 9.59 Å². The normalized spacial score (nSPS) is 13.4. The maximum absolute atomic E-state index is 12.9. The Balaban J connectivity index is 2.15. The predicted octanol–water partition coefficient (Wildman–Crippen LogP) is 1.73. The molecular formula is C19H22N2O4. The monoisotopic (exact) mass is 342 g/mol. The first-order chi connectivity index (χ1) is 12.0. The molecule has 0 saturated carbocycles. The van der Waals surface area contributed by atoms with Crippen LogP contribution < -0.4 is 10.9 Å². The quantitative estimate of drug-likeness (QED) is 0.887. The second kappa shape index (κ2) is 7.11. The van der Waals surface area contributed by atoms with Crippen molar-refractivity contribution in [3.8, 4) is 5.75 Å². The van der Waals surface area contributed by atoms with Gasteiger partial charge in [-0.2, -0.15) is 0 Å². The van der Waals surface area contributed by atoms with Crippen molar-refractivity contribution in [2.75, 3.05) is 13.2 Å². The predicted molar refractivity (Wildman–Crippen MR) is 94.0 cm³/mol. The Morgan fingerprint density at radius 3 is 2.72 bits per heavy atom. The molecule has 1 aromatic carbocycles. The van der Waals surface area contributed by atoms with Gasteiger partial charge in [-0.05, 0) is 19.4 Å². The number of ether oxygens (including phenoxy) is 1. The Labute approximate surface area is 146 Å². The lowest BCUT2D eigenvalue weighted by molar-refractivity contribution is 0.0937. The summed E-state index contributed by atoms with van der Waals surface area (Å²) in [6.07, 6.45) is 0.474. The molecule has 0 aliphatic carbocycles. The molecule has 0 radical (unpaired) electrons. The number of fused-ring (bicyclic) bond motifs is 1. The first-order valence-electron chi connectivity index (χ1n) is 8.42. The fourth-order valence-corrected chi connectivity index (χ4v) is 3.08. The molecule has 2 N–H and O–H groups in total. The summed E-state index contributed by atoms with van der Waals surface area (Å²) in [5.41, 5.74) is 2.67. The number of rotatable bonds is 4. The van der Waals surface area contributed by atoms with E-state index < -0.39 is 11.5 Å². The van der Waals surface area contributed by atoms with Crippen molar-refractivity contribution < 1.29 is 14.6 Å². The van der Waals surface area contributed by atoms with E-state index in [1.807, 2.05) is 31.2 Å². The lowest BCUT2D eigenvalue weighted by atomic mass is 10.0. The number of carbonyl (C=O) groups excluding carboxylic acids is 1. The second-order valence-electron chi connectivity index (χ2n) is 6.19. The molecule has 6 nitrogen and oxygen atoms in total. The molecule has 0 atom stereocenters. The maximum atomic E-state index is 12.9. The zero-order valence-electron chi connectivity index (χ0n) is 14.5. The minimum Gasteiger partial charge on any atom is -0.507 e. The largest absolute Gasteiger partial charge is 0.507 e. The Morgan fingerprint density at radius 2 is 2.04 bits per heavy atom. The number of aromatic nitrogens is 1. The molecule has 0 saturated heterocycles. The molecule has 1 aromatic heterocycles. The van der Waals surface area contributed by atoms with Crippen LogP contribution in [0.1, 0.15) is 39.7 Å². The van der Waals surface area contributed by atoms with Crippen LogP contribution in [0.2, 0.25) is 0 Å². The zero-order valence-corrected chi connectivity index (χ0v) is 14.5. The van der Waals surface area contributed by atoms with Crippen molar-refractivity contribution in [1.82, 2.24) is 9.88 Å². The van der Waals surface area contributed by atoms with Crippen LogP contribution in [0.3, 0.4) is 0 Å². The van der Waals surface area contributed by atoms with E-state index in [0.717, 1.165) is 11.1 Å². The molecule has 1 aliphatic rings. The smallest absolute Gasteiger partial charge is 0.267 e. The molecule has 0 unspecified atom stereocenters. The van der Waals surface area contributed by atoms with Crippen molar-refractivity contribution in [1.29, 1.82) is 0 Å². The molecule has 0 spiro atoms. The van der Waals surface area contributed by atoms with Gasteiger partial charge in [0.2, 0.25) is 0 Å². The fourth-order valence-electron chi connectivity index (χ4n) is 3.08. The molecular weight excluding hydrogens is 320 g/mol. The number of nitrogens with zero attached hydrogens (tertiary/aromatic N) is 1. The molecule has 1 aliphatic heterocycles. The maximum Gasteiger partial charge on any atom is 0.267 e. The van der Waals surface area contributed by atoms with Gasteiger partial charge < -0.3 is 19.7 Å². The summed E-state index contributed by atoms with van der Waals surface area (Å²) in [4.78, 5) is 25.2. The summed E-state index contributed by atoms with van der Waals surface area (Å²) in [6, 6.07) is 7.87. The van der Waals surface area contributed by atoms with E-state index in [1.165, 1.54) is 0 Å². The Bertz CT molecular complexity index is 853. The highest BCUT2D eigenvalue weighted by Gasteiger charge is 2.27. The molecule has 6 heteroatoms. The van der Waals surface area contributed by atoms with Crippen molar-refractivity contribution in [2.24, 2.45) is 0 Å². The number of carbonyl (C=O) groups is 1. The van der Waals surface area contributed by atoms with Gasteiger partial charge in [-0.1, -0.05) is 29.8 Å². The fraction of sp³-hybridized carbons (Fsp3) is 0.368. The van der Waals surface area contributed by atoms with Gasteiger partial charge in [-0.25, -0.2) is 0 Å². The Kier molecular flexibility index (Phi) is 4.90. The minimum atomic E-state index is -0.544. The van der Waals surface area contributed by atoms with Gasteiger partial charge in [0.25, 0.3) is 11.5 Å². The van der Waals surface area contributed by atoms with Crippen LogP contribution in [0.4, 0.5) is 0 Å². The van der Waals surface area contributed by atoms with Crippen LogP contribution in [0.15, 0.2) is 29.1 Å². The van der Waals surface area contributed by atoms with E-state index in [0.29, 0.717) is 37.4 Å². The molecule has 3 rings (SSSR count). The molecule has 0 fully saturated rings. The number of benzene rings is 1. The van der Waals surface area contributed by atoms with Crippen LogP contribution in [0, 0.1) is 6.92 Å². The van der Waals surface area contributed by atoms with Crippen LogP contribution in [0.5, 0.6) is 5.75 Å². The number of hydrogen-bond acceptors (Lipinski definition) is 4. The van der Waals surface area contributed by atoms with E-state index in [2.05, 4.69) is 5.32 Å². The SMILES string of the molecule is CCNC(=O)c1c(O)c2c(n(Cc3ccc(C)cc3)c1=O)COCC2. The van der Waals surface area contributed by atoms with Gasteiger partial charge in [0, 0.05) is 18.5 Å². The van der Waals surface area contributed by atoms with E-state index in [4.69, 9.17) is 4.74 Å². The molecule has 25 heavy (non-hydrogen) atoms. The summed E-state index contributed by atoms with van der Waals surface area (Å²) < 4.78 is 7.02. The van der Waals surface area contributed by atoms with Gasteiger partial charge in [0.05, 0.1) is 25.5 Å². The number of pyridine rings is 1. The second-order valence-corrected chi connectivity index (χ2v) is 6.19. The third-order valence-corrected chi connectivity index (χ3v) is 4.42. The summed E-state index contributed by atoms with van der Waals surface area (Å²) in [5, 5.41) is 13.1. The Morgan fingerprint density at radius 1 is 1.32 bits per heavy atom. The molecule has 0 bridgehead atoms. The van der Waals surface area contributed by atoms with Crippen molar-refractivity contribution in [3.05, 3.63) is 62.6 Å². The highest BCUT2D eigenvalue weighted by Crippen LogP contribution is 2.28. The van der Waals surface area contributed by atoms with E-state index in [-0.39, 0.29) is 17.9 Å². The van der Waals surface area contributed by atoms with Gasteiger partial charge >= 0.3 is 0 Å².